The second kappa shape index (κ2) is 19.8. The molecule has 0 aromatic rings. The predicted octanol–water partition coefficient (Wildman–Crippen LogP) is 4.21. The van der Waals surface area contributed by atoms with E-state index in [1.807, 2.05) is 50.3 Å². The zero-order chi connectivity index (χ0) is 48.5. The van der Waals surface area contributed by atoms with Gasteiger partial charge in [0.15, 0.2) is 0 Å². The normalized spacial score (nSPS) is 30.4. The molecule has 4 saturated heterocycles. The fourth-order valence-electron chi connectivity index (χ4n) is 10.5. The lowest BCUT2D eigenvalue weighted by atomic mass is 9.89. The van der Waals surface area contributed by atoms with Crippen molar-refractivity contribution in [2.24, 2.45) is 11.8 Å². The number of fused-ring (bicyclic) bond motifs is 3. The van der Waals surface area contributed by atoms with E-state index in [4.69, 9.17) is 18.9 Å². The molecule has 0 N–H and O–H groups in total. The van der Waals surface area contributed by atoms with Crippen LogP contribution >= 0.6 is 0 Å². The lowest BCUT2D eigenvalue weighted by molar-refractivity contribution is -0.155. The summed E-state index contributed by atoms with van der Waals surface area (Å²) in [5.41, 5.74) is -2.51. The van der Waals surface area contributed by atoms with Crippen molar-refractivity contribution >= 4 is 47.8 Å². The average Bonchev–Trinajstić information content (AvgIpc) is 4.06. The molecular weight excluding hydrogens is 853 g/mol. The maximum atomic E-state index is 14.2. The van der Waals surface area contributed by atoms with Crippen LogP contribution in [0.25, 0.3) is 0 Å². The van der Waals surface area contributed by atoms with Gasteiger partial charge in [-0.15, -0.1) is 0 Å². The van der Waals surface area contributed by atoms with Crippen molar-refractivity contribution in [3.63, 3.8) is 0 Å². The summed E-state index contributed by atoms with van der Waals surface area (Å²) in [4.78, 5) is 114. The Balaban J connectivity index is 0.000000247. The van der Waals surface area contributed by atoms with E-state index in [1.54, 1.807) is 51.3 Å². The highest BCUT2D eigenvalue weighted by atomic mass is 16.6. The smallest absolute Gasteiger partial charge is 0.411 e. The Morgan fingerprint density at radius 1 is 0.652 bits per heavy atom. The summed E-state index contributed by atoms with van der Waals surface area (Å²) in [7, 11) is 2.59. The first-order chi connectivity index (χ1) is 31.1. The molecule has 1 spiro atoms. The lowest BCUT2D eigenvalue weighted by Gasteiger charge is -2.44. The summed E-state index contributed by atoms with van der Waals surface area (Å²) >= 11 is 0. The fourth-order valence-corrected chi connectivity index (χ4v) is 10.5. The Labute approximate surface area is 388 Å². The predicted molar refractivity (Wildman–Crippen MR) is 240 cm³/mol. The molecule has 7 rings (SSSR count). The Bertz CT molecular complexity index is 2010. The molecule has 66 heavy (non-hydrogen) atoms. The molecule has 18 heteroatoms. The van der Waals surface area contributed by atoms with E-state index >= 15 is 0 Å². The largest absolute Gasteiger partial charge is 0.468 e. The number of carbonyl (C=O) groups is 8. The van der Waals surface area contributed by atoms with Crippen LogP contribution < -0.4 is 0 Å². The van der Waals surface area contributed by atoms with Crippen molar-refractivity contribution in [1.29, 1.82) is 0 Å². The number of likely N-dealkylation sites (tertiary alicyclic amines) is 3. The third-order valence-electron chi connectivity index (χ3n) is 13.7. The van der Waals surface area contributed by atoms with Crippen LogP contribution in [0.3, 0.4) is 0 Å². The zero-order valence-electron chi connectivity index (χ0n) is 40.4. The first-order valence-corrected chi connectivity index (χ1v) is 23.5. The van der Waals surface area contributed by atoms with Crippen molar-refractivity contribution < 1.29 is 57.3 Å². The Hall–Kier alpha value is -5.42. The van der Waals surface area contributed by atoms with Crippen LogP contribution in [0, 0.1) is 11.8 Å². The van der Waals surface area contributed by atoms with Gasteiger partial charge in [-0.2, -0.15) is 0 Å². The van der Waals surface area contributed by atoms with Gasteiger partial charge in [0.2, 0.25) is 17.7 Å². The lowest BCUT2D eigenvalue weighted by Crippen LogP contribution is -2.64. The van der Waals surface area contributed by atoms with E-state index in [1.165, 1.54) is 33.8 Å². The van der Waals surface area contributed by atoms with Gasteiger partial charge in [-0.25, -0.2) is 9.59 Å². The summed E-state index contributed by atoms with van der Waals surface area (Å²) in [6.07, 6.45) is 15.5. The van der Waals surface area contributed by atoms with E-state index in [2.05, 4.69) is 0 Å². The molecular formula is C48H70N6O12. The number of hydrogen-bond donors (Lipinski definition) is 0. The minimum Gasteiger partial charge on any atom is -0.468 e. The van der Waals surface area contributed by atoms with Gasteiger partial charge in [-0.1, -0.05) is 50.3 Å². The number of amides is 6. The molecule has 7 heterocycles. The van der Waals surface area contributed by atoms with Gasteiger partial charge in [0.05, 0.1) is 32.3 Å². The Kier molecular flexibility index (Phi) is 15.0. The number of ether oxygens (including phenoxy) is 4. The molecule has 0 bridgehead atoms. The topological polar surface area (TPSA) is 193 Å². The third kappa shape index (κ3) is 10.1. The molecule has 0 radical (unpaired) electrons. The van der Waals surface area contributed by atoms with Gasteiger partial charge in [0, 0.05) is 31.5 Å². The van der Waals surface area contributed by atoms with E-state index in [0.29, 0.717) is 71.0 Å². The maximum Gasteiger partial charge on any atom is 0.411 e. The van der Waals surface area contributed by atoms with Gasteiger partial charge in [-0.05, 0) is 92.9 Å². The van der Waals surface area contributed by atoms with Crippen LogP contribution in [-0.4, -0.2) is 177 Å². The molecule has 0 unspecified atom stereocenters. The molecule has 0 aromatic heterocycles. The van der Waals surface area contributed by atoms with Crippen LogP contribution in [-0.2, 0) is 47.7 Å². The molecule has 9 atom stereocenters. The quantitative estimate of drug-likeness (QED) is 0.201. The van der Waals surface area contributed by atoms with E-state index in [0.717, 1.165) is 0 Å². The van der Waals surface area contributed by atoms with Gasteiger partial charge >= 0.3 is 24.1 Å². The molecule has 18 nitrogen and oxygen atoms in total. The van der Waals surface area contributed by atoms with Crippen LogP contribution in [0.4, 0.5) is 9.59 Å². The van der Waals surface area contributed by atoms with Crippen molar-refractivity contribution in [2.75, 3.05) is 46.9 Å². The van der Waals surface area contributed by atoms with Crippen molar-refractivity contribution in [3.8, 4) is 0 Å². The number of carbonyl (C=O) groups excluding carboxylic acids is 8. The summed E-state index contributed by atoms with van der Waals surface area (Å²) in [5.74, 6) is -2.22. The maximum absolute atomic E-state index is 14.2. The van der Waals surface area contributed by atoms with Crippen LogP contribution in [0.5, 0.6) is 0 Å². The summed E-state index contributed by atoms with van der Waals surface area (Å²) in [5, 5.41) is 0. The van der Waals surface area contributed by atoms with E-state index in [-0.39, 0.29) is 66.7 Å². The van der Waals surface area contributed by atoms with Gasteiger partial charge in [-0.3, -0.25) is 38.6 Å². The standard InChI is InChI=1S/C30H42N4O7.C18H28N2O5/c1-6-20-9-8-19-13-17-31(24(19)26(37)32(20)18-23(35)40-5)25(36)22-11-10-21-12-15-30(27(38)34(21)22)14-7-16-33(30)28(39)41-29(2,3)4;1-6-13-8-7-12-9-10-19(17(23)25-18(2,3)4)15(12)16(22)20(13)11-14(21)24-5/h8-9,12,15,19-22,24H,6-7,10-11,13-14,16-18H2,1-5H3;7-8,12-13,15H,6,9-11H2,1-5H3/t19-,20+,21-,22-,24-,30+;12-,13+,15-/m00/s1. The summed E-state index contributed by atoms with van der Waals surface area (Å²) in [6.45, 7) is 15.6. The highest BCUT2D eigenvalue weighted by molar-refractivity contribution is 5.99. The van der Waals surface area contributed by atoms with E-state index < -0.39 is 59.0 Å². The number of rotatable bonds is 7. The molecule has 364 valence electrons. The first-order valence-electron chi connectivity index (χ1n) is 23.5. The molecule has 7 aliphatic rings. The first kappa shape index (κ1) is 50.0. The minimum absolute atomic E-state index is 0.0586. The highest BCUT2D eigenvalue weighted by Gasteiger charge is 2.58. The molecule has 4 fully saturated rings. The van der Waals surface area contributed by atoms with Crippen LogP contribution in [0.2, 0.25) is 0 Å². The second-order valence-electron chi connectivity index (χ2n) is 20.2. The van der Waals surface area contributed by atoms with Gasteiger partial charge < -0.3 is 38.5 Å². The minimum atomic E-state index is -1.18. The van der Waals surface area contributed by atoms with Crippen molar-refractivity contribution in [1.82, 2.24) is 29.4 Å². The van der Waals surface area contributed by atoms with E-state index in [9.17, 15) is 38.4 Å². The molecule has 6 amide bonds. The van der Waals surface area contributed by atoms with Gasteiger partial charge in [0.1, 0.15) is 48.0 Å². The molecule has 0 saturated carbocycles. The zero-order valence-corrected chi connectivity index (χ0v) is 40.4. The van der Waals surface area contributed by atoms with Crippen molar-refractivity contribution in [3.05, 3.63) is 36.5 Å². The number of esters is 2. The van der Waals surface area contributed by atoms with Crippen LogP contribution in [0.1, 0.15) is 107 Å². The Morgan fingerprint density at radius 2 is 1.15 bits per heavy atom. The second-order valence-corrected chi connectivity index (χ2v) is 20.2. The number of nitrogens with zero attached hydrogens (tertiary/aromatic N) is 6. The SMILES string of the molecule is CC[C@@H]1C=C[C@H]2CCN(C(=O)OC(C)(C)C)[C@@H]2C(=O)N1CC(=O)OC.CC[C@@H]1C=C[C@H]2CCN(C(=O)[C@@H]3CC[C@H]4C=C[C@]5(CCCN5C(=O)OC(C)(C)C)C(=O)N43)[C@@H]2C(=O)N1CC(=O)OC. The highest BCUT2D eigenvalue weighted by Crippen LogP contribution is 2.43. The van der Waals surface area contributed by atoms with Crippen molar-refractivity contribution in [2.45, 2.75) is 160 Å². The molecule has 0 aromatic carbocycles. The number of hydrogen-bond acceptors (Lipinski definition) is 12. The average molecular weight is 923 g/mol. The fraction of sp³-hybridized carbons (Fsp3) is 0.708. The number of methoxy groups -OCH3 is 2. The van der Waals surface area contributed by atoms with Crippen LogP contribution in [0.15, 0.2) is 36.5 Å². The Morgan fingerprint density at radius 3 is 1.65 bits per heavy atom. The summed E-state index contributed by atoms with van der Waals surface area (Å²) in [6, 6.07) is -2.80. The monoisotopic (exact) mass is 923 g/mol. The molecule has 7 aliphatic heterocycles. The third-order valence-corrected chi connectivity index (χ3v) is 13.7. The molecule has 0 aliphatic carbocycles. The summed E-state index contributed by atoms with van der Waals surface area (Å²) < 4.78 is 20.7. The van der Waals surface area contributed by atoms with Gasteiger partial charge in [0.25, 0.3) is 5.91 Å².